The normalized spacial score (nSPS) is 11.3. The monoisotopic (exact) mass is 336 g/mol. The lowest BCUT2D eigenvalue weighted by Crippen LogP contribution is -2.13. The Morgan fingerprint density at radius 1 is 1.00 bits per heavy atom. The lowest BCUT2D eigenvalue weighted by atomic mass is 10.4. The van der Waals surface area contributed by atoms with Crippen molar-refractivity contribution in [3.8, 4) is 0 Å². The van der Waals surface area contributed by atoms with E-state index >= 15 is 0 Å². The maximum atomic E-state index is 12.1. The van der Waals surface area contributed by atoms with Crippen molar-refractivity contribution in [2.24, 2.45) is 0 Å². The first-order valence-electron chi connectivity index (χ1n) is 4.98. The zero-order valence-corrected chi connectivity index (χ0v) is 12.4. The van der Waals surface area contributed by atoms with E-state index in [2.05, 4.69) is 9.71 Å². The van der Waals surface area contributed by atoms with Crippen LogP contribution in [0.4, 0.5) is 5.69 Å². The van der Waals surface area contributed by atoms with Gasteiger partial charge in [0, 0.05) is 0 Å². The second-order valence-electron chi connectivity index (χ2n) is 3.55. The van der Waals surface area contributed by atoms with E-state index in [1.54, 1.807) is 0 Å². The maximum Gasteiger partial charge on any atom is 0.261 e. The van der Waals surface area contributed by atoms with E-state index in [1.165, 1.54) is 36.5 Å². The third-order valence-electron chi connectivity index (χ3n) is 2.18. The van der Waals surface area contributed by atoms with Crippen molar-refractivity contribution in [3.63, 3.8) is 0 Å². The average Bonchev–Trinajstić information content (AvgIpc) is 2.35. The number of halogens is 3. The number of nitrogens with zero attached hydrogens (tertiary/aromatic N) is 1. The first-order valence-corrected chi connectivity index (χ1v) is 7.59. The molecule has 19 heavy (non-hydrogen) atoms. The summed E-state index contributed by atoms with van der Waals surface area (Å²) in [5.41, 5.74) is 0.301. The molecule has 0 aliphatic rings. The second kappa shape index (κ2) is 5.54. The van der Waals surface area contributed by atoms with Gasteiger partial charge < -0.3 is 0 Å². The molecule has 0 unspecified atom stereocenters. The van der Waals surface area contributed by atoms with Crippen molar-refractivity contribution in [1.82, 2.24) is 4.98 Å². The number of benzene rings is 1. The maximum absolute atomic E-state index is 12.1. The van der Waals surface area contributed by atoms with Crippen molar-refractivity contribution in [3.05, 3.63) is 51.7 Å². The van der Waals surface area contributed by atoms with Crippen molar-refractivity contribution in [1.29, 1.82) is 0 Å². The number of hydrogen-bond acceptors (Lipinski definition) is 3. The number of hydrogen-bond donors (Lipinski definition) is 1. The van der Waals surface area contributed by atoms with Crippen LogP contribution in [0.5, 0.6) is 0 Å². The summed E-state index contributed by atoms with van der Waals surface area (Å²) in [4.78, 5) is 3.79. The van der Waals surface area contributed by atoms with Crippen LogP contribution in [0, 0.1) is 0 Å². The fourth-order valence-corrected chi connectivity index (χ4v) is 2.84. The Labute approximate surface area is 125 Å². The van der Waals surface area contributed by atoms with Crippen LogP contribution < -0.4 is 4.72 Å². The lowest BCUT2D eigenvalue weighted by Gasteiger charge is -2.08. The molecule has 0 spiro atoms. The van der Waals surface area contributed by atoms with E-state index in [0.29, 0.717) is 5.69 Å². The highest BCUT2D eigenvalue weighted by Crippen LogP contribution is 2.26. The van der Waals surface area contributed by atoms with Crippen LogP contribution in [0.1, 0.15) is 0 Å². The summed E-state index contributed by atoms with van der Waals surface area (Å²) in [5.74, 6) is 0. The molecular weight excluding hydrogens is 331 g/mol. The number of pyridine rings is 1. The quantitative estimate of drug-likeness (QED) is 0.866. The highest BCUT2D eigenvalue weighted by Gasteiger charge is 2.15. The third kappa shape index (κ3) is 3.51. The van der Waals surface area contributed by atoms with E-state index in [9.17, 15) is 8.42 Å². The topological polar surface area (TPSA) is 59.1 Å². The van der Waals surface area contributed by atoms with Gasteiger partial charge >= 0.3 is 0 Å². The van der Waals surface area contributed by atoms with Gasteiger partial charge in [-0.05, 0) is 30.3 Å². The number of sulfonamides is 1. The molecule has 100 valence electrons. The summed E-state index contributed by atoms with van der Waals surface area (Å²) in [7, 11) is -3.74. The largest absolute Gasteiger partial charge is 0.278 e. The Kier molecular flexibility index (Phi) is 4.20. The second-order valence-corrected chi connectivity index (χ2v) is 6.44. The Morgan fingerprint density at radius 2 is 1.74 bits per heavy atom. The summed E-state index contributed by atoms with van der Waals surface area (Å²) >= 11 is 17.1. The number of aromatic nitrogens is 1. The highest BCUT2D eigenvalue weighted by atomic mass is 35.5. The van der Waals surface area contributed by atoms with Crippen LogP contribution in [0.2, 0.25) is 15.2 Å². The van der Waals surface area contributed by atoms with Crippen molar-refractivity contribution in [2.45, 2.75) is 4.90 Å². The predicted octanol–water partition coefficient (Wildman–Crippen LogP) is 3.84. The van der Waals surface area contributed by atoms with Gasteiger partial charge in [-0.25, -0.2) is 13.4 Å². The molecule has 0 saturated carbocycles. The molecule has 0 aliphatic heterocycles. The van der Waals surface area contributed by atoms with Gasteiger partial charge in [0.15, 0.2) is 0 Å². The number of anilines is 1. The van der Waals surface area contributed by atoms with E-state index in [-0.39, 0.29) is 20.1 Å². The molecule has 2 aromatic rings. The van der Waals surface area contributed by atoms with E-state index in [4.69, 9.17) is 34.8 Å². The molecule has 0 bridgehead atoms. The van der Waals surface area contributed by atoms with Crippen LogP contribution in [0.25, 0.3) is 0 Å². The van der Waals surface area contributed by atoms with Gasteiger partial charge in [-0.1, -0.05) is 34.8 Å². The molecule has 0 saturated heterocycles. The minimum absolute atomic E-state index is 0.0110. The minimum Gasteiger partial charge on any atom is -0.278 e. The molecule has 1 heterocycles. The SMILES string of the molecule is O=S(=O)(Nc1ccc(Cl)nc1)c1ccc(Cl)c(Cl)c1. The van der Waals surface area contributed by atoms with Gasteiger partial charge in [-0.15, -0.1) is 0 Å². The summed E-state index contributed by atoms with van der Waals surface area (Å²) in [6, 6.07) is 7.03. The molecule has 0 aliphatic carbocycles. The van der Waals surface area contributed by atoms with Gasteiger partial charge in [0.25, 0.3) is 10.0 Å². The smallest absolute Gasteiger partial charge is 0.261 e. The lowest BCUT2D eigenvalue weighted by molar-refractivity contribution is 0.601. The van der Waals surface area contributed by atoms with Gasteiger partial charge in [-0.2, -0.15) is 0 Å². The van der Waals surface area contributed by atoms with Crippen molar-refractivity contribution < 1.29 is 8.42 Å². The molecule has 2 rings (SSSR count). The molecular formula is C11H7Cl3N2O2S. The van der Waals surface area contributed by atoms with E-state index in [1.807, 2.05) is 0 Å². The van der Waals surface area contributed by atoms with Crippen molar-refractivity contribution in [2.75, 3.05) is 4.72 Å². The fourth-order valence-electron chi connectivity index (χ4n) is 1.29. The Hall–Kier alpha value is -1.01. The Bertz CT molecular complexity index is 702. The molecule has 1 aromatic heterocycles. The van der Waals surface area contributed by atoms with Crippen LogP contribution in [0.3, 0.4) is 0 Å². The zero-order valence-electron chi connectivity index (χ0n) is 9.27. The highest BCUT2D eigenvalue weighted by molar-refractivity contribution is 7.92. The van der Waals surface area contributed by atoms with Crippen LogP contribution in [-0.2, 0) is 10.0 Å². The zero-order chi connectivity index (χ0) is 14.0. The number of nitrogens with one attached hydrogen (secondary N) is 1. The van der Waals surface area contributed by atoms with Crippen LogP contribution >= 0.6 is 34.8 Å². The van der Waals surface area contributed by atoms with E-state index in [0.717, 1.165) is 0 Å². The molecule has 4 nitrogen and oxygen atoms in total. The summed E-state index contributed by atoms with van der Waals surface area (Å²) in [6.45, 7) is 0. The van der Waals surface area contributed by atoms with Crippen LogP contribution in [0.15, 0.2) is 41.4 Å². The molecule has 0 atom stereocenters. The predicted molar refractivity (Wildman–Crippen MR) is 76.5 cm³/mol. The Morgan fingerprint density at radius 3 is 2.32 bits per heavy atom. The first kappa shape index (κ1) is 14.4. The molecule has 0 radical (unpaired) electrons. The fraction of sp³-hybridized carbons (Fsp3) is 0. The van der Waals surface area contributed by atoms with Gasteiger partial charge in [-0.3, -0.25) is 4.72 Å². The van der Waals surface area contributed by atoms with E-state index < -0.39 is 10.0 Å². The molecule has 8 heteroatoms. The molecule has 1 aromatic carbocycles. The number of rotatable bonds is 3. The summed E-state index contributed by atoms with van der Waals surface area (Å²) in [6.07, 6.45) is 1.32. The van der Waals surface area contributed by atoms with Gasteiger partial charge in [0.05, 0.1) is 26.8 Å². The first-order chi connectivity index (χ1) is 8.88. The average molecular weight is 338 g/mol. The summed E-state index contributed by atoms with van der Waals surface area (Å²) in [5, 5.41) is 0.727. The third-order valence-corrected chi connectivity index (χ3v) is 4.52. The van der Waals surface area contributed by atoms with Gasteiger partial charge in [0.2, 0.25) is 0 Å². The molecule has 0 fully saturated rings. The minimum atomic E-state index is -3.74. The summed E-state index contributed by atoms with van der Waals surface area (Å²) < 4.78 is 26.5. The molecule has 0 amide bonds. The van der Waals surface area contributed by atoms with Crippen molar-refractivity contribution >= 4 is 50.5 Å². The van der Waals surface area contributed by atoms with Gasteiger partial charge in [0.1, 0.15) is 5.15 Å². The Balaban J connectivity index is 2.32. The van der Waals surface area contributed by atoms with Crippen LogP contribution in [-0.4, -0.2) is 13.4 Å². The standard InChI is InChI=1S/C11H7Cl3N2O2S/c12-9-3-2-8(5-10(9)13)19(17,18)16-7-1-4-11(14)15-6-7/h1-6,16H. The molecule has 1 N–H and O–H groups in total.